The molecule has 2 aromatic heterocycles. The van der Waals surface area contributed by atoms with E-state index in [1.807, 2.05) is 30.3 Å². The van der Waals surface area contributed by atoms with Crippen molar-refractivity contribution in [3.63, 3.8) is 0 Å². The molecular weight excluding hydrogens is 321 g/mol. The molecule has 122 valence electrons. The summed E-state index contributed by atoms with van der Waals surface area (Å²) < 4.78 is 14.9. The van der Waals surface area contributed by atoms with Gasteiger partial charge in [0.15, 0.2) is 5.82 Å². The Kier molecular flexibility index (Phi) is 3.66. The van der Waals surface area contributed by atoms with Crippen molar-refractivity contribution in [3.8, 4) is 5.82 Å². The highest BCUT2D eigenvalue weighted by atomic mass is 19.1. The molecule has 0 bridgehead atoms. The maximum absolute atomic E-state index is 13.6. The monoisotopic (exact) mass is 333 g/mol. The highest BCUT2D eigenvalue weighted by molar-refractivity contribution is 5.79. The number of rotatable bonds is 3. The molecule has 7 heteroatoms. The van der Waals surface area contributed by atoms with Gasteiger partial charge in [0.25, 0.3) is 5.56 Å². The van der Waals surface area contributed by atoms with Crippen molar-refractivity contribution in [1.29, 1.82) is 0 Å². The Hall–Kier alpha value is -3.61. The maximum atomic E-state index is 13.6. The molecule has 25 heavy (non-hydrogen) atoms. The van der Waals surface area contributed by atoms with E-state index in [4.69, 9.17) is 0 Å². The summed E-state index contributed by atoms with van der Waals surface area (Å²) >= 11 is 0. The first-order valence-corrected chi connectivity index (χ1v) is 7.53. The van der Waals surface area contributed by atoms with Crippen molar-refractivity contribution in [2.75, 3.05) is 5.32 Å². The third-order valence-electron chi connectivity index (χ3n) is 3.64. The second-order valence-corrected chi connectivity index (χ2v) is 5.29. The van der Waals surface area contributed by atoms with Gasteiger partial charge in [0.05, 0.1) is 17.1 Å². The molecule has 0 unspecified atom stereocenters. The van der Waals surface area contributed by atoms with E-state index >= 15 is 0 Å². The predicted molar refractivity (Wildman–Crippen MR) is 92.6 cm³/mol. The molecule has 0 amide bonds. The van der Waals surface area contributed by atoms with Crippen LogP contribution in [-0.4, -0.2) is 19.5 Å². The van der Waals surface area contributed by atoms with Crippen LogP contribution in [0.1, 0.15) is 0 Å². The fraction of sp³-hybridized carbons (Fsp3) is 0. The maximum Gasteiger partial charge on any atom is 0.268 e. The van der Waals surface area contributed by atoms with Gasteiger partial charge < -0.3 is 5.32 Å². The molecule has 0 atom stereocenters. The first kappa shape index (κ1) is 14.9. The minimum Gasteiger partial charge on any atom is -0.325 e. The van der Waals surface area contributed by atoms with Gasteiger partial charge in [-0.2, -0.15) is 0 Å². The Labute approximate surface area is 141 Å². The van der Waals surface area contributed by atoms with Crippen LogP contribution in [-0.2, 0) is 0 Å². The molecule has 6 nitrogen and oxygen atoms in total. The van der Waals surface area contributed by atoms with Crippen molar-refractivity contribution in [3.05, 3.63) is 83.3 Å². The van der Waals surface area contributed by atoms with Gasteiger partial charge in [-0.25, -0.2) is 18.9 Å². The van der Waals surface area contributed by atoms with Gasteiger partial charge in [-0.3, -0.25) is 9.78 Å². The zero-order valence-electron chi connectivity index (χ0n) is 12.9. The third kappa shape index (κ3) is 2.83. The lowest BCUT2D eigenvalue weighted by Crippen LogP contribution is -2.23. The lowest BCUT2D eigenvalue weighted by Gasteiger charge is -2.14. The highest BCUT2D eigenvalue weighted by Gasteiger charge is 2.14. The number of aromatic nitrogens is 4. The standard InChI is InChI=1S/C18H12FN5O/c19-12-6-7-15-14(10-12)17(25)24(16-11-20-8-9-21-16)18(23-15)22-13-4-2-1-3-5-13/h1-11H,(H,22,23). The Morgan fingerprint density at radius 2 is 1.88 bits per heavy atom. The molecule has 0 radical (unpaired) electrons. The van der Waals surface area contributed by atoms with E-state index in [0.29, 0.717) is 11.3 Å². The average Bonchev–Trinajstić information content (AvgIpc) is 2.64. The van der Waals surface area contributed by atoms with Crippen LogP contribution in [0.2, 0.25) is 0 Å². The number of hydrogen-bond donors (Lipinski definition) is 1. The van der Waals surface area contributed by atoms with Crippen LogP contribution >= 0.6 is 0 Å². The lowest BCUT2D eigenvalue weighted by molar-refractivity contribution is 0.629. The van der Waals surface area contributed by atoms with Crippen molar-refractivity contribution in [2.45, 2.75) is 0 Å². The van der Waals surface area contributed by atoms with Gasteiger partial charge in [0.1, 0.15) is 5.82 Å². The summed E-state index contributed by atoms with van der Waals surface area (Å²) in [5, 5.41) is 3.28. The zero-order chi connectivity index (χ0) is 17.2. The highest BCUT2D eigenvalue weighted by Crippen LogP contribution is 2.19. The molecule has 0 saturated heterocycles. The minimum atomic E-state index is -0.499. The van der Waals surface area contributed by atoms with E-state index in [2.05, 4.69) is 20.3 Å². The summed E-state index contributed by atoms with van der Waals surface area (Å²) in [6, 6.07) is 13.2. The molecule has 0 aliphatic rings. The molecule has 0 spiro atoms. The normalized spacial score (nSPS) is 10.8. The molecule has 0 saturated carbocycles. The smallest absolute Gasteiger partial charge is 0.268 e. The summed E-state index contributed by atoms with van der Waals surface area (Å²) in [7, 11) is 0. The molecule has 4 rings (SSSR count). The van der Waals surface area contributed by atoms with Crippen molar-refractivity contribution in [1.82, 2.24) is 19.5 Å². The largest absolute Gasteiger partial charge is 0.325 e. The van der Waals surface area contributed by atoms with E-state index in [0.717, 1.165) is 5.69 Å². The van der Waals surface area contributed by atoms with Crippen LogP contribution in [0.4, 0.5) is 16.0 Å². The number of halogens is 1. The fourth-order valence-electron chi connectivity index (χ4n) is 2.51. The van der Waals surface area contributed by atoms with Gasteiger partial charge in [-0.1, -0.05) is 18.2 Å². The van der Waals surface area contributed by atoms with E-state index in [1.165, 1.54) is 41.4 Å². The van der Waals surface area contributed by atoms with Gasteiger partial charge in [-0.15, -0.1) is 0 Å². The van der Waals surface area contributed by atoms with Crippen molar-refractivity contribution < 1.29 is 4.39 Å². The van der Waals surface area contributed by atoms with Gasteiger partial charge >= 0.3 is 0 Å². The molecule has 4 aromatic rings. The molecule has 0 aliphatic carbocycles. The van der Waals surface area contributed by atoms with Crippen molar-refractivity contribution in [2.24, 2.45) is 0 Å². The van der Waals surface area contributed by atoms with Crippen LogP contribution in [0.15, 0.2) is 71.9 Å². The molecule has 2 aromatic carbocycles. The Bertz CT molecular complexity index is 1100. The van der Waals surface area contributed by atoms with Gasteiger partial charge in [0.2, 0.25) is 5.95 Å². The summed E-state index contributed by atoms with van der Waals surface area (Å²) in [6.45, 7) is 0. The topological polar surface area (TPSA) is 72.7 Å². The first-order valence-electron chi connectivity index (χ1n) is 7.53. The van der Waals surface area contributed by atoms with Crippen molar-refractivity contribution >= 4 is 22.5 Å². The average molecular weight is 333 g/mol. The summed E-state index contributed by atoms with van der Waals surface area (Å²) in [5.74, 6) is 0.0706. The van der Waals surface area contributed by atoms with E-state index in [1.54, 1.807) is 0 Å². The summed E-state index contributed by atoms with van der Waals surface area (Å²) in [5.41, 5.74) is 0.724. The Morgan fingerprint density at radius 3 is 2.64 bits per heavy atom. The summed E-state index contributed by atoms with van der Waals surface area (Å²) in [6.07, 6.45) is 4.43. The molecular formula is C18H12FN5O. The summed E-state index contributed by atoms with van der Waals surface area (Å²) in [4.78, 5) is 25.6. The number of benzene rings is 2. The second-order valence-electron chi connectivity index (χ2n) is 5.29. The number of fused-ring (bicyclic) bond motifs is 1. The van der Waals surface area contributed by atoms with Crippen LogP contribution in [0, 0.1) is 5.82 Å². The van der Waals surface area contributed by atoms with Gasteiger partial charge in [-0.05, 0) is 30.3 Å². The molecule has 2 heterocycles. The van der Waals surface area contributed by atoms with Crippen LogP contribution in [0.5, 0.6) is 0 Å². The Balaban J connectivity index is 1.99. The quantitative estimate of drug-likeness (QED) is 0.624. The van der Waals surface area contributed by atoms with E-state index in [9.17, 15) is 9.18 Å². The van der Waals surface area contributed by atoms with E-state index in [-0.39, 0.29) is 11.3 Å². The third-order valence-corrected chi connectivity index (χ3v) is 3.64. The SMILES string of the molecule is O=c1c2cc(F)ccc2nc(Nc2ccccc2)n1-c1cnccn1. The lowest BCUT2D eigenvalue weighted by atomic mass is 10.2. The number of hydrogen-bond acceptors (Lipinski definition) is 5. The number of nitrogens with zero attached hydrogens (tertiary/aromatic N) is 4. The van der Waals surface area contributed by atoms with Crippen LogP contribution in [0.3, 0.4) is 0 Å². The number of para-hydroxylation sites is 1. The van der Waals surface area contributed by atoms with Crippen LogP contribution in [0.25, 0.3) is 16.7 Å². The Morgan fingerprint density at radius 1 is 1.04 bits per heavy atom. The predicted octanol–water partition coefficient (Wildman–Crippen LogP) is 3.06. The first-order chi connectivity index (χ1) is 12.2. The van der Waals surface area contributed by atoms with Crippen LogP contribution < -0.4 is 10.9 Å². The fourth-order valence-corrected chi connectivity index (χ4v) is 2.51. The zero-order valence-corrected chi connectivity index (χ0v) is 12.9. The van der Waals surface area contributed by atoms with Gasteiger partial charge in [0, 0.05) is 18.1 Å². The molecule has 0 aliphatic heterocycles. The van der Waals surface area contributed by atoms with E-state index < -0.39 is 11.4 Å². The molecule has 1 N–H and O–H groups in total. The number of anilines is 2. The minimum absolute atomic E-state index is 0.171. The number of nitrogens with one attached hydrogen (secondary N) is 1. The second kappa shape index (κ2) is 6.12. The molecule has 0 fully saturated rings.